The third kappa shape index (κ3) is 14.8. The first-order chi connectivity index (χ1) is 13.0. The second-order valence-electron chi connectivity index (χ2n) is 3.89. The number of nitrogens with zero attached hydrogens (tertiary/aromatic N) is 6. The summed E-state index contributed by atoms with van der Waals surface area (Å²) in [6, 6.07) is 9.27. The van der Waals surface area contributed by atoms with Crippen molar-refractivity contribution in [1.82, 2.24) is 45.5 Å². The molecule has 5 heterocycles. The van der Waals surface area contributed by atoms with Gasteiger partial charge in [-0.2, -0.15) is 10.2 Å². The second kappa shape index (κ2) is 17.3. The van der Waals surface area contributed by atoms with E-state index in [9.17, 15) is 0 Å². The molecule has 5 aromatic rings. The Morgan fingerprint density at radius 3 is 1.73 bits per heavy atom. The summed E-state index contributed by atoms with van der Waals surface area (Å²) in [6.07, 6.45) is 18.1. The SMILES string of the molecule is c1c[nH]cn1.c1ccncc1.c1cn[nH]c1.c1cnoc1.c1nc[nH]n1. The quantitative estimate of drug-likeness (QED) is 0.388. The first-order valence-corrected chi connectivity index (χ1v) is 7.34. The monoisotopic (exact) mass is 353 g/mol. The zero-order valence-corrected chi connectivity index (χ0v) is 13.8. The number of H-pyrrole nitrogens is 3. The van der Waals surface area contributed by atoms with Gasteiger partial charge in [-0.1, -0.05) is 11.2 Å². The zero-order valence-electron chi connectivity index (χ0n) is 13.8. The molecule has 0 saturated carbocycles. The molecule has 0 aliphatic carbocycles. The molecule has 0 fully saturated rings. The maximum atomic E-state index is 4.33. The Balaban J connectivity index is 0.000000163. The summed E-state index contributed by atoms with van der Waals surface area (Å²) in [5.41, 5.74) is 0. The summed E-state index contributed by atoms with van der Waals surface area (Å²) in [5, 5.41) is 15.5. The van der Waals surface area contributed by atoms with Crippen LogP contribution in [0.2, 0.25) is 0 Å². The molecule has 5 rings (SSSR count). The minimum atomic E-state index is 1.44. The number of aromatic amines is 3. The molecule has 0 aromatic carbocycles. The Hall–Kier alpha value is -4.08. The number of pyridine rings is 1. The van der Waals surface area contributed by atoms with Crippen LogP contribution in [0.25, 0.3) is 0 Å². The smallest absolute Gasteiger partial charge is 0.137 e. The highest BCUT2D eigenvalue weighted by Crippen LogP contribution is 1.74. The predicted octanol–water partition coefficient (Wildman–Crippen LogP) is 2.38. The lowest BCUT2D eigenvalue weighted by Crippen LogP contribution is -1.58. The molecule has 3 N–H and O–H groups in total. The molecule has 10 nitrogen and oxygen atoms in total. The average Bonchev–Trinajstić information content (AvgIpc) is 3.56. The Bertz CT molecular complexity index is 539. The molecule has 0 saturated heterocycles. The Morgan fingerprint density at radius 2 is 1.54 bits per heavy atom. The van der Waals surface area contributed by atoms with Crippen LogP contribution in [0.5, 0.6) is 0 Å². The van der Waals surface area contributed by atoms with Crippen LogP contribution >= 0.6 is 0 Å². The van der Waals surface area contributed by atoms with E-state index in [1.54, 1.807) is 55.8 Å². The predicted molar refractivity (Wildman–Crippen MR) is 94.3 cm³/mol. The molecular formula is C16H19N9O. The normalized spacial score (nSPS) is 8.00. The van der Waals surface area contributed by atoms with E-state index >= 15 is 0 Å². The van der Waals surface area contributed by atoms with Gasteiger partial charge in [-0.25, -0.2) is 9.97 Å². The van der Waals surface area contributed by atoms with Crippen molar-refractivity contribution in [1.29, 1.82) is 0 Å². The number of imidazole rings is 1. The highest BCUT2D eigenvalue weighted by molar-refractivity contribution is 4.88. The molecule has 26 heavy (non-hydrogen) atoms. The number of hydrogen-bond donors (Lipinski definition) is 3. The van der Waals surface area contributed by atoms with Gasteiger partial charge < -0.3 is 9.51 Å². The number of nitrogens with one attached hydrogen (secondary N) is 3. The largest absolute Gasteiger partial charge is 0.365 e. The molecule has 5 aromatic heterocycles. The van der Waals surface area contributed by atoms with Crippen LogP contribution in [0.3, 0.4) is 0 Å². The topological polar surface area (TPSA) is 138 Å². The Labute approximate surface area is 149 Å². The van der Waals surface area contributed by atoms with Gasteiger partial charge in [-0.05, 0) is 24.3 Å². The van der Waals surface area contributed by atoms with Crippen LogP contribution in [0.15, 0.2) is 103 Å². The van der Waals surface area contributed by atoms with Crippen molar-refractivity contribution >= 4 is 0 Å². The molecule has 10 heteroatoms. The van der Waals surface area contributed by atoms with Crippen molar-refractivity contribution in [3.8, 4) is 0 Å². The number of hydrogen-bond acceptors (Lipinski definition) is 7. The lowest BCUT2D eigenvalue weighted by Gasteiger charge is -1.70. The molecule has 0 atom stereocenters. The molecule has 0 spiro atoms. The van der Waals surface area contributed by atoms with Crippen molar-refractivity contribution in [3.63, 3.8) is 0 Å². The molecule has 0 aliphatic rings. The number of aromatic nitrogens is 9. The van der Waals surface area contributed by atoms with Gasteiger partial charge in [-0.15, -0.1) is 0 Å². The Kier molecular flexibility index (Phi) is 13.3. The summed E-state index contributed by atoms with van der Waals surface area (Å²) in [5.74, 6) is 0. The highest BCUT2D eigenvalue weighted by atomic mass is 16.5. The van der Waals surface area contributed by atoms with Gasteiger partial charge >= 0.3 is 0 Å². The van der Waals surface area contributed by atoms with E-state index in [2.05, 4.69) is 50.0 Å². The van der Waals surface area contributed by atoms with Crippen LogP contribution < -0.4 is 0 Å². The van der Waals surface area contributed by atoms with E-state index in [0.717, 1.165) is 0 Å². The summed E-state index contributed by atoms with van der Waals surface area (Å²) in [7, 11) is 0. The minimum absolute atomic E-state index is 1.44. The third-order valence-corrected chi connectivity index (χ3v) is 2.06. The van der Waals surface area contributed by atoms with Gasteiger partial charge in [-0.3, -0.25) is 15.2 Å². The van der Waals surface area contributed by atoms with Crippen molar-refractivity contribution in [2.75, 3.05) is 0 Å². The lowest BCUT2D eigenvalue weighted by atomic mass is 10.5. The van der Waals surface area contributed by atoms with Gasteiger partial charge in [0.25, 0.3) is 0 Å². The van der Waals surface area contributed by atoms with E-state index in [1.807, 2.05) is 24.3 Å². The summed E-state index contributed by atoms with van der Waals surface area (Å²) in [4.78, 5) is 13.8. The fourth-order valence-corrected chi connectivity index (χ4v) is 1.09. The van der Waals surface area contributed by atoms with Crippen molar-refractivity contribution < 1.29 is 4.52 Å². The molecule has 0 unspecified atom stereocenters. The summed E-state index contributed by atoms with van der Waals surface area (Å²) in [6.45, 7) is 0. The molecule has 0 radical (unpaired) electrons. The molecule has 0 amide bonds. The maximum Gasteiger partial charge on any atom is 0.137 e. The standard InChI is InChI=1S/C5H5N.2C3H4N2.C3H3NO.C2H3N3/c1-2-4-6-5-3-1;1-2-5-3-4-1;2*1-2-4-5-3-1;1-3-2-5-4-1/h1-5H;2*1-3H,(H,4,5);1-3H;1-2H,(H,3,4,5). The van der Waals surface area contributed by atoms with Crippen LogP contribution in [-0.2, 0) is 0 Å². The summed E-state index contributed by atoms with van der Waals surface area (Å²) >= 11 is 0. The van der Waals surface area contributed by atoms with Crippen LogP contribution in [0.1, 0.15) is 0 Å². The second-order valence-corrected chi connectivity index (χ2v) is 3.89. The van der Waals surface area contributed by atoms with Gasteiger partial charge in [0, 0.05) is 37.2 Å². The molecular weight excluding hydrogens is 334 g/mol. The van der Waals surface area contributed by atoms with Gasteiger partial charge in [0.1, 0.15) is 18.9 Å². The first-order valence-electron chi connectivity index (χ1n) is 7.34. The van der Waals surface area contributed by atoms with E-state index in [0.29, 0.717) is 0 Å². The molecule has 0 aliphatic heterocycles. The zero-order chi connectivity index (χ0) is 18.4. The van der Waals surface area contributed by atoms with E-state index in [1.165, 1.54) is 18.9 Å². The Morgan fingerprint density at radius 1 is 0.615 bits per heavy atom. The van der Waals surface area contributed by atoms with Crippen LogP contribution in [0, 0.1) is 0 Å². The summed E-state index contributed by atoms with van der Waals surface area (Å²) < 4.78 is 4.33. The van der Waals surface area contributed by atoms with Crippen molar-refractivity contribution in [2.24, 2.45) is 0 Å². The molecule has 134 valence electrons. The fraction of sp³-hybridized carbons (Fsp3) is 0. The average molecular weight is 353 g/mol. The van der Waals surface area contributed by atoms with Crippen molar-refractivity contribution in [3.05, 3.63) is 99.0 Å². The van der Waals surface area contributed by atoms with Crippen LogP contribution in [-0.4, -0.2) is 45.5 Å². The van der Waals surface area contributed by atoms with E-state index in [4.69, 9.17) is 0 Å². The van der Waals surface area contributed by atoms with Crippen LogP contribution in [0.4, 0.5) is 0 Å². The van der Waals surface area contributed by atoms with Gasteiger partial charge in [0.2, 0.25) is 0 Å². The highest BCUT2D eigenvalue weighted by Gasteiger charge is 1.60. The third-order valence-electron chi connectivity index (χ3n) is 2.06. The lowest BCUT2D eigenvalue weighted by molar-refractivity contribution is 0.420. The first kappa shape index (κ1) is 20.0. The molecule has 0 bridgehead atoms. The van der Waals surface area contributed by atoms with Gasteiger partial charge in [0.15, 0.2) is 0 Å². The minimum Gasteiger partial charge on any atom is -0.365 e. The van der Waals surface area contributed by atoms with Crippen molar-refractivity contribution in [2.45, 2.75) is 0 Å². The van der Waals surface area contributed by atoms with E-state index < -0.39 is 0 Å². The number of rotatable bonds is 0. The maximum absolute atomic E-state index is 4.33. The van der Waals surface area contributed by atoms with E-state index in [-0.39, 0.29) is 0 Å². The van der Waals surface area contributed by atoms with Gasteiger partial charge in [0.05, 0.1) is 12.5 Å². The fourth-order valence-electron chi connectivity index (χ4n) is 1.09.